The highest BCUT2D eigenvalue weighted by Crippen LogP contribution is 2.64. The van der Waals surface area contributed by atoms with Gasteiger partial charge in [-0.2, -0.15) is 0 Å². The van der Waals surface area contributed by atoms with Gasteiger partial charge in [0.15, 0.2) is 0 Å². The van der Waals surface area contributed by atoms with Crippen molar-refractivity contribution in [2.75, 3.05) is 0 Å². The predicted molar refractivity (Wildman–Crippen MR) is 75.9 cm³/mol. The summed E-state index contributed by atoms with van der Waals surface area (Å²) in [5, 5.41) is 0. The highest BCUT2D eigenvalue weighted by atomic mass is 14.6. The Labute approximate surface area is 109 Å². The van der Waals surface area contributed by atoms with Gasteiger partial charge >= 0.3 is 0 Å². The molecule has 6 atom stereocenters. The topological polar surface area (TPSA) is 0 Å². The van der Waals surface area contributed by atoms with E-state index < -0.39 is 0 Å². The molecule has 0 heteroatoms. The molecule has 0 radical (unpaired) electrons. The van der Waals surface area contributed by atoms with Gasteiger partial charge < -0.3 is 0 Å². The molecule has 100 valence electrons. The third-order valence-corrected chi connectivity index (χ3v) is 5.62. The van der Waals surface area contributed by atoms with E-state index in [2.05, 4.69) is 41.5 Å². The van der Waals surface area contributed by atoms with E-state index in [1.54, 1.807) is 0 Å². The Morgan fingerprint density at radius 2 is 1.82 bits per heavy atom. The van der Waals surface area contributed by atoms with Gasteiger partial charge in [-0.3, -0.25) is 0 Å². The van der Waals surface area contributed by atoms with Crippen LogP contribution in [0.3, 0.4) is 0 Å². The molecule has 0 spiro atoms. The highest BCUT2D eigenvalue weighted by Gasteiger charge is 2.58. The fourth-order valence-corrected chi connectivity index (χ4v) is 4.35. The summed E-state index contributed by atoms with van der Waals surface area (Å²) < 4.78 is 0. The predicted octanol–water partition coefficient (Wildman–Crippen LogP) is 5.38. The van der Waals surface area contributed by atoms with E-state index in [1.807, 2.05) is 0 Å². The van der Waals surface area contributed by atoms with Gasteiger partial charge in [-0.15, -0.1) is 0 Å². The fourth-order valence-electron chi connectivity index (χ4n) is 4.35. The Morgan fingerprint density at radius 1 is 1.18 bits per heavy atom. The SMILES string of the molecule is CCC(C)C1C(CC(C)(C)C)C1C1CCC1C. The molecule has 2 rings (SSSR count). The average Bonchev–Trinajstić information content (AvgIpc) is 2.85. The van der Waals surface area contributed by atoms with Crippen LogP contribution in [0.15, 0.2) is 0 Å². The summed E-state index contributed by atoms with van der Waals surface area (Å²) in [4.78, 5) is 0. The Bertz CT molecular complexity index is 260. The molecule has 0 heterocycles. The van der Waals surface area contributed by atoms with E-state index >= 15 is 0 Å². The van der Waals surface area contributed by atoms with Gasteiger partial charge in [0.25, 0.3) is 0 Å². The molecule has 2 fully saturated rings. The molecule has 0 saturated heterocycles. The Kier molecular flexibility index (Phi) is 3.63. The lowest BCUT2D eigenvalue weighted by Gasteiger charge is -2.35. The van der Waals surface area contributed by atoms with Gasteiger partial charge in [-0.05, 0) is 53.8 Å². The monoisotopic (exact) mass is 236 g/mol. The minimum Gasteiger partial charge on any atom is -0.0651 e. The molecule has 0 amide bonds. The van der Waals surface area contributed by atoms with E-state index in [9.17, 15) is 0 Å². The molecule has 2 aliphatic rings. The molecular weight excluding hydrogens is 204 g/mol. The Morgan fingerprint density at radius 3 is 2.18 bits per heavy atom. The summed E-state index contributed by atoms with van der Waals surface area (Å²) in [6, 6.07) is 0. The van der Waals surface area contributed by atoms with Crippen molar-refractivity contribution < 1.29 is 0 Å². The molecule has 17 heavy (non-hydrogen) atoms. The lowest BCUT2D eigenvalue weighted by molar-refractivity contribution is 0.147. The van der Waals surface area contributed by atoms with Crippen molar-refractivity contribution in [1.29, 1.82) is 0 Å². The van der Waals surface area contributed by atoms with Gasteiger partial charge in [-0.25, -0.2) is 0 Å². The van der Waals surface area contributed by atoms with Crippen LogP contribution in [0.5, 0.6) is 0 Å². The smallest absolute Gasteiger partial charge is 0.0318 e. The van der Waals surface area contributed by atoms with Crippen LogP contribution in [0.2, 0.25) is 0 Å². The first kappa shape index (κ1) is 13.4. The van der Waals surface area contributed by atoms with E-state index in [1.165, 1.54) is 25.7 Å². The lowest BCUT2D eigenvalue weighted by atomic mass is 9.70. The van der Waals surface area contributed by atoms with Gasteiger partial charge in [0.05, 0.1) is 0 Å². The lowest BCUT2D eigenvalue weighted by Crippen LogP contribution is -2.26. The van der Waals surface area contributed by atoms with Crippen molar-refractivity contribution in [2.24, 2.45) is 40.9 Å². The van der Waals surface area contributed by atoms with Crippen LogP contribution < -0.4 is 0 Å². The van der Waals surface area contributed by atoms with Crippen LogP contribution in [-0.4, -0.2) is 0 Å². The molecule has 0 aliphatic heterocycles. The van der Waals surface area contributed by atoms with E-state index in [-0.39, 0.29) is 0 Å². The van der Waals surface area contributed by atoms with Crippen LogP contribution in [-0.2, 0) is 0 Å². The number of hydrogen-bond acceptors (Lipinski definition) is 0. The van der Waals surface area contributed by atoms with Crippen LogP contribution in [0.1, 0.15) is 67.2 Å². The summed E-state index contributed by atoms with van der Waals surface area (Å²) in [5.74, 6) is 6.27. The first-order chi connectivity index (χ1) is 7.85. The normalized spacial score (nSPS) is 43.1. The molecule has 0 aromatic rings. The van der Waals surface area contributed by atoms with Crippen LogP contribution in [0.25, 0.3) is 0 Å². The zero-order chi connectivity index (χ0) is 12.8. The first-order valence-corrected chi connectivity index (χ1v) is 7.85. The molecule has 2 aliphatic carbocycles. The van der Waals surface area contributed by atoms with Gasteiger partial charge in [0, 0.05) is 0 Å². The van der Waals surface area contributed by atoms with E-state index in [0.29, 0.717) is 5.41 Å². The highest BCUT2D eigenvalue weighted by molar-refractivity contribution is 5.06. The maximum Gasteiger partial charge on any atom is -0.0318 e. The minimum absolute atomic E-state index is 0.526. The second-order valence-corrected chi connectivity index (χ2v) is 8.19. The van der Waals surface area contributed by atoms with Crippen LogP contribution in [0, 0.1) is 40.9 Å². The van der Waals surface area contributed by atoms with E-state index in [4.69, 9.17) is 0 Å². The van der Waals surface area contributed by atoms with Gasteiger partial charge in [-0.1, -0.05) is 54.4 Å². The molecule has 0 nitrogen and oxygen atoms in total. The summed E-state index contributed by atoms with van der Waals surface area (Å²) >= 11 is 0. The molecule has 0 N–H and O–H groups in total. The van der Waals surface area contributed by atoms with Gasteiger partial charge in [0.2, 0.25) is 0 Å². The van der Waals surface area contributed by atoms with E-state index in [0.717, 1.165) is 35.5 Å². The number of hydrogen-bond donors (Lipinski definition) is 0. The minimum atomic E-state index is 0.526. The molecule has 0 aromatic carbocycles. The maximum absolute atomic E-state index is 2.49. The van der Waals surface area contributed by atoms with Gasteiger partial charge in [0.1, 0.15) is 0 Å². The van der Waals surface area contributed by atoms with Crippen molar-refractivity contribution in [3.8, 4) is 0 Å². The maximum atomic E-state index is 2.49. The van der Waals surface area contributed by atoms with Crippen LogP contribution >= 0.6 is 0 Å². The van der Waals surface area contributed by atoms with Crippen molar-refractivity contribution in [2.45, 2.75) is 67.2 Å². The zero-order valence-electron chi connectivity index (χ0n) is 12.8. The summed E-state index contributed by atoms with van der Waals surface area (Å²) in [6.45, 7) is 14.6. The molecular formula is C17H32. The Hall–Kier alpha value is 0. The third-order valence-electron chi connectivity index (χ3n) is 5.62. The zero-order valence-corrected chi connectivity index (χ0v) is 12.8. The first-order valence-electron chi connectivity index (χ1n) is 7.85. The fraction of sp³-hybridized carbons (Fsp3) is 1.00. The standard InChI is InChI=1S/C17H32/c1-7-11(2)15-14(10-17(4,5)6)16(15)13-9-8-12(13)3/h11-16H,7-10H2,1-6H3. The third kappa shape index (κ3) is 2.71. The average molecular weight is 236 g/mol. The second kappa shape index (κ2) is 4.59. The molecule has 6 unspecified atom stereocenters. The quantitative estimate of drug-likeness (QED) is 0.615. The summed E-state index contributed by atoms with van der Waals surface area (Å²) in [6.07, 6.45) is 5.86. The van der Waals surface area contributed by atoms with Crippen molar-refractivity contribution in [1.82, 2.24) is 0 Å². The number of rotatable bonds is 4. The second-order valence-electron chi connectivity index (χ2n) is 8.19. The summed E-state index contributed by atoms with van der Waals surface area (Å²) in [5.41, 5.74) is 0.526. The summed E-state index contributed by atoms with van der Waals surface area (Å²) in [7, 11) is 0. The molecule has 2 saturated carbocycles. The van der Waals surface area contributed by atoms with Crippen molar-refractivity contribution >= 4 is 0 Å². The molecule has 0 bridgehead atoms. The van der Waals surface area contributed by atoms with Crippen molar-refractivity contribution in [3.05, 3.63) is 0 Å². The van der Waals surface area contributed by atoms with Crippen molar-refractivity contribution in [3.63, 3.8) is 0 Å². The largest absolute Gasteiger partial charge is 0.0651 e. The van der Waals surface area contributed by atoms with Crippen LogP contribution in [0.4, 0.5) is 0 Å². The Balaban J connectivity index is 1.98. The molecule has 0 aromatic heterocycles.